The zero-order valence-electron chi connectivity index (χ0n) is 15.9. The van der Waals surface area contributed by atoms with Crippen molar-refractivity contribution in [2.75, 3.05) is 28.3 Å². The standard InChI is InChI=1S/C19H24N2O5S/c1-21(2)27(23,24)16-8-5-14(6-9-16)13-20-19(22)12-15-7-10-17(25-3)18(11-15)26-4/h5-11H,12-13H2,1-4H3,(H,20,22). The van der Waals surface area contributed by atoms with Gasteiger partial charge < -0.3 is 14.8 Å². The second kappa shape index (κ2) is 8.88. The normalized spacial score (nSPS) is 11.3. The van der Waals surface area contributed by atoms with Crippen LogP contribution in [-0.2, 0) is 27.8 Å². The third kappa shape index (κ3) is 5.21. The molecule has 0 atom stereocenters. The van der Waals surface area contributed by atoms with Crippen LogP contribution in [0.2, 0.25) is 0 Å². The van der Waals surface area contributed by atoms with E-state index in [0.717, 1.165) is 15.4 Å². The number of hydrogen-bond acceptors (Lipinski definition) is 5. The highest BCUT2D eigenvalue weighted by molar-refractivity contribution is 7.89. The van der Waals surface area contributed by atoms with Gasteiger partial charge in [0.05, 0.1) is 25.5 Å². The van der Waals surface area contributed by atoms with Crippen LogP contribution in [0, 0.1) is 0 Å². The lowest BCUT2D eigenvalue weighted by Crippen LogP contribution is -2.25. The molecule has 146 valence electrons. The number of ether oxygens (including phenoxy) is 2. The average molecular weight is 392 g/mol. The van der Waals surface area contributed by atoms with E-state index in [4.69, 9.17) is 9.47 Å². The van der Waals surface area contributed by atoms with Gasteiger partial charge in [0.15, 0.2) is 11.5 Å². The van der Waals surface area contributed by atoms with Gasteiger partial charge in [0.2, 0.25) is 15.9 Å². The second-order valence-electron chi connectivity index (χ2n) is 6.07. The second-order valence-corrected chi connectivity index (χ2v) is 8.23. The molecule has 0 spiro atoms. The summed E-state index contributed by atoms with van der Waals surface area (Å²) in [6.07, 6.45) is 0.202. The van der Waals surface area contributed by atoms with Gasteiger partial charge in [-0.05, 0) is 35.4 Å². The summed E-state index contributed by atoms with van der Waals surface area (Å²) in [5.41, 5.74) is 1.62. The number of rotatable bonds is 8. The first kappa shape index (κ1) is 20.7. The molecule has 7 nitrogen and oxygen atoms in total. The van der Waals surface area contributed by atoms with Crippen LogP contribution < -0.4 is 14.8 Å². The van der Waals surface area contributed by atoms with Crippen LogP contribution in [0.25, 0.3) is 0 Å². The van der Waals surface area contributed by atoms with Gasteiger partial charge in [-0.1, -0.05) is 18.2 Å². The van der Waals surface area contributed by atoms with Gasteiger partial charge in [-0.3, -0.25) is 4.79 Å². The zero-order chi connectivity index (χ0) is 20.0. The largest absolute Gasteiger partial charge is 0.493 e. The Morgan fingerprint density at radius 3 is 2.11 bits per heavy atom. The zero-order valence-corrected chi connectivity index (χ0v) is 16.7. The highest BCUT2D eigenvalue weighted by atomic mass is 32.2. The van der Waals surface area contributed by atoms with Crippen LogP contribution in [0.4, 0.5) is 0 Å². The molecule has 0 fully saturated rings. The van der Waals surface area contributed by atoms with E-state index in [1.54, 1.807) is 38.5 Å². The van der Waals surface area contributed by atoms with Crippen LogP contribution in [-0.4, -0.2) is 46.9 Å². The number of nitrogens with zero attached hydrogens (tertiary/aromatic N) is 1. The molecule has 0 radical (unpaired) electrons. The quantitative estimate of drug-likeness (QED) is 0.741. The molecular formula is C19H24N2O5S. The van der Waals surface area contributed by atoms with Crippen molar-refractivity contribution in [3.63, 3.8) is 0 Å². The van der Waals surface area contributed by atoms with Crippen molar-refractivity contribution in [3.05, 3.63) is 53.6 Å². The van der Waals surface area contributed by atoms with Gasteiger partial charge in [-0.25, -0.2) is 12.7 Å². The number of methoxy groups -OCH3 is 2. The monoisotopic (exact) mass is 392 g/mol. The highest BCUT2D eigenvalue weighted by Crippen LogP contribution is 2.27. The van der Waals surface area contributed by atoms with E-state index in [-0.39, 0.29) is 17.2 Å². The van der Waals surface area contributed by atoms with Gasteiger partial charge >= 0.3 is 0 Å². The lowest BCUT2D eigenvalue weighted by molar-refractivity contribution is -0.120. The molecule has 0 bridgehead atoms. The fraction of sp³-hybridized carbons (Fsp3) is 0.316. The predicted molar refractivity (Wildman–Crippen MR) is 102 cm³/mol. The van der Waals surface area contributed by atoms with Gasteiger partial charge in [0.1, 0.15) is 0 Å². The van der Waals surface area contributed by atoms with E-state index in [9.17, 15) is 13.2 Å². The fourth-order valence-corrected chi connectivity index (χ4v) is 3.33. The predicted octanol–water partition coefficient (Wildman–Crippen LogP) is 1.81. The lowest BCUT2D eigenvalue weighted by Gasteiger charge is -2.12. The number of benzene rings is 2. The van der Waals surface area contributed by atoms with Crippen molar-refractivity contribution in [2.45, 2.75) is 17.9 Å². The Bertz CT molecular complexity index is 893. The molecule has 27 heavy (non-hydrogen) atoms. The van der Waals surface area contributed by atoms with Crippen LogP contribution in [0.1, 0.15) is 11.1 Å². The molecular weight excluding hydrogens is 368 g/mol. The minimum absolute atomic E-state index is 0.146. The first-order valence-corrected chi connectivity index (χ1v) is 9.71. The topological polar surface area (TPSA) is 84.9 Å². The molecule has 2 aromatic rings. The minimum Gasteiger partial charge on any atom is -0.493 e. The summed E-state index contributed by atoms with van der Waals surface area (Å²) < 4.78 is 35.7. The average Bonchev–Trinajstić information content (AvgIpc) is 2.66. The SMILES string of the molecule is COc1ccc(CC(=O)NCc2ccc(S(=O)(=O)N(C)C)cc2)cc1OC. The van der Waals surface area contributed by atoms with Crippen LogP contribution in [0.5, 0.6) is 11.5 Å². The molecule has 0 aliphatic carbocycles. The molecule has 2 aromatic carbocycles. The molecule has 0 saturated carbocycles. The van der Waals surface area contributed by atoms with Crippen molar-refractivity contribution < 1.29 is 22.7 Å². The lowest BCUT2D eigenvalue weighted by atomic mass is 10.1. The van der Waals surface area contributed by atoms with Gasteiger partial charge in [0, 0.05) is 20.6 Å². The summed E-state index contributed by atoms with van der Waals surface area (Å²) in [6, 6.07) is 11.8. The molecule has 0 heterocycles. The molecule has 0 aliphatic rings. The Balaban J connectivity index is 1.96. The Morgan fingerprint density at radius 2 is 1.56 bits per heavy atom. The van der Waals surface area contributed by atoms with Crippen molar-refractivity contribution in [1.29, 1.82) is 0 Å². The van der Waals surface area contributed by atoms with Crippen LogP contribution in [0.3, 0.4) is 0 Å². The number of carbonyl (C=O) groups is 1. The van der Waals surface area contributed by atoms with Gasteiger partial charge in [0.25, 0.3) is 0 Å². The number of nitrogens with one attached hydrogen (secondary N) is 1. The summed E-state index contributed by atoms with van der Waals surface area (Å²) in [5.74, 6) is 1.03. The van der Waals surface area contributed by atoms with Crippen molar-refractivity contribution in [3.8, 4) is 11.5 Å². The molecule has 2 rings (SSSR count). The molecule has 1 N–H and O–H groups in total. The summed E-state index contributed by atoms with van der Waals surface area (Å²) >= 11 is 0. The highest BCUT2D eigenvalue weighted by Gasteiger charge is 2.16. The number of hydrogen-bond donors (Lipinski definition) is 1. The smallest absolute Gasteiger partial charge is 0.242 e. The summed E-state index contributed by atoms with van der Waals surface area (Å²) in [5, 5.41) is 2.82. The van der Waals surface area contributed by atoms with Gasteiger partial charge in [-0.2, -0.15) is 0 Å². The van der Waals surface area contributed by atoms with E-state index >= 15 is 0 Å². The molecule has 1 amide bonds. The van der Waals surface area contributed by atoms with Crippen molar-refractivity contribution in [2.24, 2.45) is 0 Å². The first-order chi connectivity index (χ1) is 12.8. The number of sulfonamides is 1. The maximum Gasteiger partial charge on any atom is 0.242 e. The summed E-state index contributed by atoms with van der Waals surface area (Å²) in [7, 11) is 2.61. The van der Waals surface area contributed by atoms with Gasteiger partial charge in [-0.15, -0.1) is 0 Å². The molecule has 8 heteroatoms. The van der Waals surface area contributed by atoms with E-state index < -0.39 is 10.0 Å². The Hall–Kier alpha value is -2.58. The van der Waals surface area contributed by atoms with E-state index in [1.165, 1.54) is 26.2 Å². The number of amides is 1. The Kier molecular flexibility index (Phi) is 6.81. The van der Waals surface area contributed by atoms with Crippen LogP contribution in [0.15, 0.2) is 47.4 Å². The van der Waals surface area contributed by atoms with E-state index in [2.05, 4.69) is 5.32 Å². The van der Waals surface area contributed by atoms with Crippen molar-refractivity contribution >= 4 is 15.9 Å². The molecule has 0 saturated heterocycles. The Morgan fingerprint density at radius 1 is 0.963 bits per heavy atom. The van der Waals surface area contributed by atoms with Crippen molar-refractivity contribution in [1.82, 2.24) is 9.62 Å². The first-order valence-electron chi connectivity index (χ1n) is 8.27. The summed E-state index contributed by atoms with van der Waals surface area (Å²) in [6.45, 7) is 0.314. The van der Waals surface area contributed by atoms with E-state index in [1.807, 2.05) is 6.07 Å². The third-order valence-electron chi connectivity index (χ3n) is 4.00. The maximum atomic E-state index is 12.2. The molecule has 0 unspecified atom stereocenters. The molecule has 0 aromatic heterocycles. The van der Waals surface area contributed by atoms with Crippen LogP contribution >= 0.6 is 0 Å². The Labute approximate surface area is 160 Å². The number of carbonyl (C=O) groups excluding carboxylic acids is 1. The maximum absolute atomic E-state index is 12.2. The third-order valence-corrected chi connectivity index (χ3v) is 5.83. The summed E-state index contributed by atoms with van der Waals surface area (Å²) in [4.78, 5) is 12.4. The minimum atomic E-state index is -3.45. The van der Waals surface area contributed by atoms with E-state index in [0.29, 0.717) is 18.0 Å². The molecule has 0 aliphatic heterocycles. The fourth-order valence-electron chi connectivity index (χ4n) is 2.43.